The van der Waals surface area contributed by atoms with E-state index in [1.807, 2.05) is 50.2 Å². The third-order valence-corrected chi connectivity index (χ3v) is 4.41. The van der Waals surface area contributed by atoms with Crippen LogP contribution < -0.4 is 5.30 Å². The van der Waals surface area contributed by atoms with E-state index in [1.165, 1.54) is 5.56 Å². The Balaban J connectivity index is 2.31. The van der Waals surface area contributed by atoms with Gasteiger partial charge < -0.3 is 0 Å². The Morgan fingerprint density at radius 1 is 0.833 bits per heavy atom. The van der Waals surface area contributed by atoms with E-state index in [-0.39, 0.29) is 14.1 Å². The predicted molar refractivity (Wildman–Crippen MR) is 79.4 cm³/mol. The molecule has 2 aromatic carbocycles. The third-order valence-electron chi connectivity index (χ3n) is 3.10. The van der Waals surface area contributed by atoms with E-state index in [9.17, 15) is 4.79 Å². The Bertz CT molecular complexity index is 567. The smallest absolute Gasteiger partial charge is 0.186 e. The van der Waals surface area contributed by atoms with Crippen LogP contribution in [0.1, 0.15) is 27.0 Å². The molecule has 0 aliphatic heterocycles. The fourth-order valence-corrected chi connectivity index (χ4v) is 3.29. The second kappa shape index (κ2) is 5.46. The van der Waals surface area contributed by atoms with Gasteiger partial charge in [0.2, 0.25) is 0 Å². The van der Waals surface area contributed by atoms with Gasteiger partial charge >= 0.3 is 0 Å². The molecule has 0 aromatic heterocycles. The number of hydrogen-bond acceptors (Lipinski definition) is 1. The van der Waals surface area contributed by atoms with Crippen molar-refractivity contribution in [2.24, 2.45) is 0 Å². The Labute approximate surface area is 110 Å². The van der Waals surface area contributed by atoms with Crippen molar-refractivity contribution in [2.45, 2.75) is 20.8 Å². The van der Waals surface area contributed by atoms with E-state index in [2.05, 4.69) is 13.0 Å². The van der Waals surface area contributed by atoms with E-state index in [0.717, 1.165) is 22.0 Å². The second-order valence-corrected chi connectivity index (χ2v) is 5.78. The Hall–Kier alpha value is -1.46. The van der Waals surface area contributed by atoms with Crippen LogP contribution in [0.15, 0.2) is 42.5 Å². The van der Waals surface area contributed by atoms with Crippen LogP contribution in [-0.2, 0) is 0 Å². The van der Waals surface area contributed by atoms with Crippen molar-refractivity contribution < 1.29 is 4.79 Å². The van der Waals surface area contributed by atoms with E-state index < -0.39 is 0 Å². The van der Waals surface area contributed by atoms with Crippen LogP contribution in [0.5, 0.6) is 0 Å². The van der Waals surface area contributed by atoms with Crippen molar-refractivity contribution in [3.8, 4) is 0 Å². The highest BCUT2D eigenvalue weighted by Crippen LogP contribution is 2.24. The summed E-state index contributed by atoms with van der Waals surface area (Å²) in [4.78, 5) is 12.4. The fraction of sp³-hybridized carbons (Fsp3) is 0.188. The topological polar surface area (TPSA) is 17.1 Å². The Kier molecular flexibility index (Phi) is 3.93. The first kappa shape index (κ1) is 13.0. The van der Waals surface area contributed by atoms with Gasteiger partial charge in [-0.1, -0.05) is 42.5 Å². The summed E-state index contributed by atoms with van der Waals surface area (Å²) < 4.78 is 0. The summed E-state index contributed by atoms with van der Waals surface area (Å²) >= 11 is 0. The number of carbonyl (C=O) groups excluding carboxylic acids is 1. The van der Waals surface area contributed by atoms with Gasteiger partial charge in [0.15, 0.2) is 5.52 Å². The minimum Gasteiger partial charge on any atom is -0.289 e. The molecule has 0 aliphatic rings. The zero-order valence-electron chi connectivity index (χ0n) is 10.9. The van der Waals surface area contributed by atoms with Gasteiger partial charge in [-0.2, -0.15) is 0 Å². The Morgan fingerprint density at radius 3 is 2.00 bits per heavy atom. The SMILES string of the molecule is Cc1ccccc1PC(=O)c1c(C)cccc1C. The number of benzene rings is 2. The molecule has 1 unspecified atom stereocenters. The molecule has 2 aromatic rings. The minimum absolute atomic E-state index is 0.208. The first-order chi connectivity index (χ1) is 8.59. The van der Waals surface area contributed by atoms with Gasteiger partial charge in [-0.25, -0.2) is 0 Å². The number of rotatable bonds is 3. The van der Waals surface area contributed by atoms with Gasteiger partial charge in [-0.3, -0.25) is 4.79 Å². The zero-order chi connectivity index (χ0) is 13.1. The predicted octanol–water partition coefficient (Wildman–Crippen LogP) is 3.76. The standard InChI is InChI=1S/C16H17OP/c1-11-7-4-5-10-14(11)18-16(17)15-12(2)8-6-9-13(15)3/h4-10,18H,1-3H3. The van der Waals surface area contributed by atoms with Crippen LogP contribution in [0.4, 0.5) is 0 Å². The highest BCUT2D eigenvalue weighted by molar-refractivity contribution is 7.66. The number of carbonyl (C=O) groups is 1. The van der Waals surface area contributed by atoms with Gasteiger partial charge in [0, 0.05) is 5.56 Å². The molecule has 0 N–H and O–H groups in total. The summed E-state index contributed by atoms with van der Waals surface area (Å²) in [5, 5.41) is 1.14. The number of hydrogen-bond donors (Lipinski definition) is 0. The first-order valence-corrected chi connectivity index (χ1v) is 7.03. The molecule has 2 rings (SSSR count). The average Bonchev–Trinajstić information content (AvgIpc) is 2.32. The molecule has 1 atom stereocenters. The van der Waals surface area contributed by atoms with Crippen molar-refractivity contribution in [1.29, 1.82) is 0 Å². The van der Waals surface area contributed by atoms with Crippen LogP contribution in [0, 0.1) is 20.8 Å². The van der Waals surface area contributed by atoms with Crippen LogP contribution in [0.25, 0.3) is 0 Å². The van der Waals surface area contributed by atoms with Gasteiger partial charge in [0.05, 0.1) is 0 Å². The molecule has 1 nitrogen and oxygen atoms in total. The van der Waals surface area contributed by atoms with Crippen LogP contribution in [0.2, 0.25) is 0 Å². The lowest BCUT2D eigenvalue weighted by Crippen LogP contribution is -2.06. The first-order valence-electron chi connectivity index (χ1n) is 6.03. The normalized spacial score (nSPS) is 11.1. The molecule has 0 amide bonds. The van der Waals surface area contributed by atoms with Crippen molar-refractivity contribution in [1.82, 2.24) is 0 Å². The molecule has 0 heterocycles. The molecule has 92 valence electrons. The van der Waals surface area contributed by atoms with E-state index >= 15 is 0 Å². The Morgan fingerprint density at radius 2 is 1.39 bits per heavy atom. The maximum atomic E-state index is 12.4. The number of aryl methyl sites for hydroxylation is 3. The zero-order valence-corrected chi connectivity index (χ0v) is 11.9. The second-order valence-electron chi connectivity index (χ2n) is 4.54. The highest BCUT2D eigenvalue weighted by Gasteiger charge is 2.13. The monoisotopic (exact) mass is 256 g/mol. The molecule has 0 aliphatic carbocycles. The summed E-state index contributed by atoms with van der Waals surface area (Å²) in [6.45, 7) is 6.06. The lowest BCUT2D eigenvalue weighted by Gasteiger charge is -2.09. The van der Waals surface area contributed by atoms with Gasteiger partial charge in [-0.05, 0) is 51.3 Å². The van der Waals surface area contributed by atoms with Gasteiger partial charge in [0.25, 0.3) is 0 Å². The maximum Gasteiger partial charge on any atom is 0.186 e. The molecule has 0 saturated carbocycles. The molecule has 0 spiro atoms. The summed E-state index contributed by atoms with van der Waals surface area (Å²) in [5.74, 6) is 0. The van der Waals surface area contributed by atoms with Crippen molar-refractivity contribution in [3.63, 3.8) is 0 Å². The molecule has 0 bridgehead atoms. The molecule has 18 heavy (non-hydrogen) atoms. The molecular formula is C16H17OP. The van der Waals surface area contributed by atoms with E-state index in [4.69, 9.17) is 0 Å². The molecule has 0 fully saturated rings. The molecule has 2 heteroatoms. The van der Waals surface area contributed by atoms with Crippen molar-refractivity contribution in [3.05, 3.63) is 64.7 Å². The summed E-state index contributed by atoms with van der Waals surface area (Å²) in [7, 11) is 0.208. The average molecular weight is 256 g/mol. The maximum absolute atomic E-state index is 12.4. The molecule has 0 radical (unpaired) electrons. The summed E-state index contributed by atoms with van der Waals surface area (Å²) in [6.07, 6.45) is 0. The quantitative estimate of drug-likeness (QED) is 0.764. The lowest BCUT2D eigenvalue weighted by atomic mass is 10.0. The largest absolute Gasteiger partial charge is 0.289 e. The summed E-state index contributed by atoms with van der Waals surface area (Å²) in [6, 6.07) is 14.1. The molecule has 0 saturated heterocycles. The lowest BCUT2D eigenvalue weighted by molar-refractivity contribution is 0.108. The minimum atomic E-state index is 0.208. The highest BCUT2D eigenvalue weighted by atomic mass is 31.1. The summed E-state index contributed by atoms with van der Waals surface area (Å²) in [5.41, 5.74) is 4.46. The van der Waals surface area contributed by atoms with E-state index in [1.54, 1.807) is 0 Å². The van der Waals surface area contributed by atoms with E-state index in [0.29, 0.717) is 0 Å². The van der Waals surface area contributed by atoms with Crippen LogP contribution in [-0.4, -0.2) is 5.52 Å². The van der Waals surface area contributed by atoms with Crippen LogP contribution >= 0.6 is 8.58 Å². The molecular weight excluding hydrogens is 239 g/mol. The van der Waals surface area contributed by atoms with Crippen LogP contribution in [0.3, 0.4) is 0 Å². The van der Waals surface area contributed by atoms with Gasteiger partial charge in [0.1, 0.15) is 0 Å². The van der Waals surface area contributed by atoms with Crippen molar-refractivity contribution >= 4 is 19.4 Å². The fourth-order valence-electron chi connectivity index (χ4n) is 2.07. The third kappa shape index (κ3) is 2.68. The van der Waals surface area contributed by atoms with Gasteiger partial charge in [-0.15, -0.1) is 0 Å². The van der Waals surface area contributed by atoms with Crippen molar-refractivity contribution in [2.75, 3.05) is 0 Å².